The molecule has 0 aliphatic rings. The summed E-state index contributed by atoms with van der Waals surface area (Å²) in [6, 6.07) is 10.2. The van der Waals surface area contributed by atoms with E-state index in [1.54, 1.807) is 12.1 Å². The average molecular weight is 339 g/mol. The molecule has 3 N–H and O–H groups in total. The number of hydrazine groups is 1. The predicted octanol–water partition coefficient (Wildman–Crippen LogP) is 3.46. The topological polar surface area (TPSA) is 47.3 Å². The van der Waals surface area contributed by atoms with Crippen molar-refractivity contribution >= 4 is 15.9 Å². The van der Waals surface area contributed by atoms with E-state index in [-0.39, 0.29) is 5.82 Å². The van der Waals surface area contributed by atoms with Crippen molar-refractivity contribution in [1.29, 1.82) is 0 Å². The Balaban J connectivity index is 2.49. The number of ether oxygens (including phenoxy) is 1. The third-order valence-corrected chi connectivity index (χ3v) is 3.73. The van der Waals surface area contributed by atoms with Gasteiger partial charge in [0.1, 0.15) is 11.6 Å². The van der Waals surface area contributed by atoms with Crippen LogP contribution in [0, 0.1) is 12.7 Å². The van der Waals surface area contributed by atoms with E-state index in [2.05, 4.69) is 21.4 Å². The van der Waals surface area contributed by atoms with Crippen molar-refractivity contribution in [1.82, 2.24) is 5.43 Å². The molecule has 1 unspecified atom stereocenters. The highest BCUT2D eigenvalue weighted by Crippen LogP contribution is 2.30. The molecule has 0 spiro atoms. The summed E-state index contributed by atoms with van der Waals surface area (Å²) in [5, 5.41) is 0. The highest BCUT2D eigenvalue weighted by atomic mass is 79.9. The van der Waals surface area contributed by atoms with Crippen LogP contribution in [0.25, 0.3) is 0 Å². The Morgan fingerprint density at radius 3 is 2.55 bits per heavy atom. The molecule has 0 aliphatic carbocycles. The van der Waals surface area contributed by atoms with Crippen LogP contribution in [-0.2, 0) is 0 Å². The number of benzene rings is 2. The van der Waals surface area contributed by atoms with Gasteiger partial charge < -0.3 is 4.74 Å². The van der Waals surface area contributed by atoms with Crippen LogP contribution in [0.1, 0.15) is 22.7 Å². The van der Waals surface area contributed by atoms with E-state index in [1.165, 1.54) is 13.2 Å². The Morgan fingerprint density at radius 1 is 1.20 bits per heavy atom. The van der Waals surface area contributed by atoms with Gasteiger partial charge in [-0.2, -0.15) is 0 Å². The van der Waals surface area contributed by atoms with Crippen LogP contribution in [0.2, 0.25) is 0 Å². The first kappa shape index (κ1) is 15.0. The molecule has 0 aromatic heterocycles. The van der Waals surface area contributed by atoms with E-state index < -0.39 is 6.04 Å². The second-order valence-electron chi connectivity index (χ2n) is 4.49. The van der Waals surface area contributed by atoms with Crippen molar-refractivity contribution < 1.29 is 9.13 Å². The fraction of sp³-hybridized carbons (Fsp3) is 0.200. The molecule has 2 aromatic rings. The maximum Gasteiger partial charge on any atom is 0.132 e. The number of halogens is 2. The maximum absolute atomic E-state index is 14.2. The second-order valence-corrected chi connectivity index (χ2v) is 5.40. The number of rotatable bonds is 4. The Morgan fingerprint density at radius 2 is 1.95 bits per heavy atom. The Kier molecular flexibility index (Phi) is 4.75. The van der Waals surface area contributed by atoms with Gasteiger partial charge in [0.15, 0.2) is 0 Å². The minimum Gasteiger partial charge on any atom is -0.497 e. The molecular formula is C15H16BrFN2O. The van der Waals surface area contributed by atoms with Gasteiger partial charge in [0.25, 0.3) is 0 Å². The summed E-state index contributed by atoms with van der Waals surface area (Å²) < 4.78 is 20.1. The summed E-state index contributed by atoms with van der Waals surface area (Å²) in [7, 11) is 1.51. The summed E-state index contributed by atoms with van der Waals surface area (Å²) in [5.41, 5.74) is 5.12. The van der Waals surface area contributed by atoms with E-state index in [4.69, 9.17) is 10.6 Å². The Bertz CT molecular complexity index is 619. The molecule has 1 atom stereocenters. The molecule has 3 nitrogen and oxygen atoms in total. The van der Waals surface area contributed by atoms with Gasteiger partial charge in [-0.05, 0) is 36.2 Å². The molecule has 0 saturated carbocycles. The largest absolute Gasteiger partial charge is 0.497 e. The molecule has 0 radical (unpaired) electrons. The van der Waals surface area contributed by atoms with Gasteiger partial charge in [0.05, 0.1) is 13.2 Å². The standard InChI is InChI=1S/C15H16BrFN2O/c1-9-3-4-10(16)7-13(9)15(19-18)12-6-5-11(20-2)8-14(12)17/h3-8,15,19H,18H2,1-2H3. The van der Waals surface area contributed by atoms with Crippen LogP contribution >= 0.6 is 15.9 Å². The van der Waals surface area contributed by atoms with Crippen LogP contribution in [-0.4, -0.2) is 7.11 Å². The summed E-state index contributed by atoms with van der Waals surface area (Å²) in [4.78, 5) is 0. The molecule has 0 bridgehead atoms. The highest BCUT2D eigenvalue weighted by Gasteiger charge is 2.19. The zero-order valence-corrected chi connectivity index (χ0v) is 12.9. The molecule has 2 rings (SSSR count). The number of hydrogen-bond donors (Lipinski definition) is 2. The van der Waals surface area contributed by atoms with E-state index in [1.807, 2.05) is 25.1 Å². The minimum absolute atomic E-state index is 0.355. The van der Waals surface area contributed by atoms with Gasteiger partial charge in [-0.15, -0.1) is 0 Å². The smallest absolute Gasteiger partial charge is 0.132 e. The fourth-order valence-electron chi connectivity index (χ4n) is 2.14. The zero-order chi connectivity index (χ0) is 14.7. The molecular weight excluding hydrogens is 323 g/mol. The lowest BCUT2D eigenvalue weighted by molar-refractivity contribution is 0.410. The van der Waals surface area contributed by atoms with Crippen LogP contribution in [0.3, 0.4) is 0 Å². The van der Waals surface area contributed by atoms with Crippen molar-refractivity contribution in [2.45, 2.75) is 13.0 Å². The molecule has 0 heterocycles. The molecule has 106 valence electrons. The molecule has 0 fully saturated rings. The first-order chi connectivity index (χ1) is 9.56. The Labute approximate surface area is 126 Å². The molecule has 0 saturated heterocycles. The summed E-state index contributed by atoms with van der Waals surface area (Å²) >= 11 is 3.43. The van der Waals surface area contributed by atoms with E-state index in [9.17, 15) is 4.39 Å². The van der Waals surface area contributed by atoms with E-state index in [0.29, 0.717) is 11.3 Å². The molecule has 0 aliphatic heterocycles. The van der Waals surface area contributed by atoms with Crippen molar-refractivity contribution in [3.63, 3.8) is 0 Å². The van der Waals surface area contributed by atoms with Crippen LogP contribution < -0.4 is 16.0 Å². The number of hydrogen-bond acceptors (Lipinski definition) is 3. The highest BCUT2D eigenvalue weighted by molar-refractivity contribution is 9.10. The van der Waals surface area contributed by atoms with E-state index >= 15 is 0 Å². The average Bonchev–Trinajstić information content (AvgIpc) is 2.44. The first-order valence-corrected chi connectivity index (χ1v) is 6.91. The number of nitrogens with two attached hydrogens (primary N) is 1. The van der Waals surface area contributed by atoms with Gasteiger partial charge in [0, 0.05) is 16.1 Å². The molecule has 0 amide bonds. The van der Waals surface area contributed by atoms with Crippen LogP contribution in [0.5, 0.6) is 5.75 Å². The predicted molar refractivity (Wildman–Crippen MR) is 81.0 cm³/mol. The molecule has 20 heavy (non-hydrogen) atoms. The lowest BCUT2D eigenvalue weighted by Gasteiger charge is -2.20. The lowest BCUT2D eigenvalue weighted by Crippen LogP contribution is -2.30. The van der Waals surface area contributed by atoms with Gasteiger partial charge in [-0.25, -0.2) is 9.82 Å². The fourth-order valence-corrected chi connectivity index (χ4v) is 2.52. The van der Waals surface area contributed by atoms with Crippen molar-refractivity contribution in [2.24, 2.45) is 5.84 Å². The second kappa shape index (κ2) is 6.35. The molecule has 2 aromatic carbocycles. The monoisotopic (exact) mass is 338 g/mol. The van der Waals surface area contributed by atoms with Crippen LogP contribution in [0.15, 0.2) is 40.9 Å². The lowest BCUT2D eigenvalue weighted by atomic mass is 9.95. The summed E-state index contributed by atoms with van der Waals surface area (Å²) in [6.07, 6.45) is 0. The minimum atomic E-state index is -0.418. The molecule has 5 heteroatoms. The van der Waals surface area contributed by atoms with Crippen molar-refractivity contribution in [3.05, 3.63) is 63.4 Å². The number of nitrogens with one attached hydrogen (secondary N) is 1. The maximum atomic E-state index is 14.2. The summed E-state index contributed by atoms with van der Waals surface area (Å²) in [5.74, 6) is 5.76. The third kappa shape index (κ3) is 3.00. The van der Waals surface area contributed by atoms with E-state index in [0.717, 1.165) is 15.6 Å². The van der Waals surface area contributed by atoms with Crippen molar-refractivity contribution in [2.75, 3.05) is 7.11 Å². The van der Waals surface area contributed by atoms with Gasteiger partial charge in [0.2, 0.25) is 0 Å². The van der Waals surface area contributed by atoms with Crippen LogP contribution in [0.4, 0.5) is 4.39 Å². The van der Waals surface area contributed by atoms with Gasteiger partial charge >= 0.3 is 0 Å². The summed E-state index contributed by atoms with van der Waals surface area (Å²) in [6.45, 7) is 1.97. The van der Waals surface area contributed by atoms with Gasteiger partial charge in [-0.1, -0.05) is 28.1 Å². The van der Waals surface area contributed by atoms with Gasteiger partial charge in [-0.3, -0.25) is 5.84 Å². The SMILES string of the molecule is COc1ccc(C(NN)c2cc(Br)ccc2C)c(F)c1. The third-order valence-electron chi connectivity index (χ3n) is 3.24. The zero-order valence-electron chi connectivity index (χ0n) is 11.3. The first-order valence-electron chi connectivity index (χ1n) is 6.12. The quantitative estimate of drug-likeness (QED) is 0.663. The number of methoxy groups -OCH3 is 1. The Hall–Kier alpha value is -1.43. The normalized spacial score (nSPS) is 12.2. The number of aryl methyl sites for hydroxylation is 1. The van der Waals surface area contributed by atoms with Crippen molar-refractivity contribution in [3.8, 4) is 5.75 Å².